The summed E-state index contributed by atoms with van der Waals surface area (Å²) in [6.07, 6.45) is 0.892. The highest BCUT2D eigenvalue weighted by Crippen LogP contribution is 2.33. The summed E-state index contributed by atoms with van der Waals surface area (Å²) in [5, 5.41) is 0.663. The lowest BCUT2D eigenvalue weighted by molar-refractivity contribution is 0.393. The van der Waals surface area contributed by atoms with Gasteiger partial charge >= 0.3 is 0 Å². The SMILES string of the molecule is CCc1ccc(-c2cccc(Br)c2Cl)nc1OC. The highest BCUT2D eigenvalue weighted by atomic mass is 79.9. The molecule has 2 rings (SSSR count). The third kappa shape index (κ3) is 2.52. The molecule has 0 bridgehead atoms. The molecule has 4 heteroatoms. The van der Waals surface area contributed by atoms with Crippen molar-refractivity contribution in [1.82, 2.24) is 4.98 Å². The molecule has 0 amide bonds. The van der Waals surface area contributed by atoms with Gasteiger partial charge in [0, 0.05) is 15.6 Å². The number of ether oxygens (including phenoxy) is 1. The van der Waals surface area contributed by atoms with Gasteiger partial charge in [0.25, 0.3) is 0 Å². The predicted molar refractivity (Wildman–Crippen MR) is 78.3 cm³/mol. The van der Waals surface area contributed by atoms with Crippen LogP contribution in [0.2, 0.25) is 5.02 Å². The zero-order valence-corrected chi connectivity index (χ0v) is 12.5. The van der Waals surface area contributed by atoms with E-state index in [0.29, 0.717) is 10.9 Å². The third-order valence-corrected chi connectivity index (χ3v) is 4.04. The molecule has 1 heterocycles. The van der Waals surface area contributed by atoms with E-state index in [9.17, 15) is 0 Å². The van der Waals surface area contributed by atoms with Gasteiger partial charge in [-0.3, -0.25) is 0 Å². The Labute approximate surface area is 120 Å². The lowest BCUT2D eigenvalue weighted by Crippen LogP contribution is -1.96. The van der Waals surface area contributed by atoms with Crippen LogP contribution in [0, 0.1) is 0 Å². The largest absolute Gasteiger partial charge is 0.481 e. The van der Waals surface area contributed by atoms with Crippen LogP contribution in [0.15, 0.2) is 34.8 Å². The van der Waals surface area contributed by atoms with Gasteiger partial charge in [0.1, 0.15) is 0 Å². The smallest absolute Gasteiger partial charge is 0.216 e. The Hall–Kier alpha value is -1.06. The zero-order chi connectivity index (χ0) is 13.1. The molecule has 0 aliphatic rings. The summed E-state index contributed by atoms with van der Waals surface area (Å²) in [6.45, 7) is 2.07. The van der Waals surface area contributed by atoms with Crippen molar-refractivity contribution < 1.29 is 4.74 Å². The summed E-state index contributed by atoms with van der Waals surface area (Å²) >= 11 is 9.69. The number of aromatic nitrogens is 1. The van der Waals surface area contributed by atoms with E-state index in [0.717, 1.165) is 27.7 Å². The summed E-state index contributed by atoms with van der Waals surface area (Å²) in [5.74, 6) is 0.658. The summed E-state index contributed by atoms with van der Waals surface area (Å²) in [5.41, 5.74) is 2.80. The molecule has 2 aromatic rings. The number of pyridine rings is 1. The van der Waals surface area contributed by atoms with Gasteiger partial charge in [-0.1, -0.05) is 36.7 Å². The van der Waals surface area contributed by atoms with Gasteiger partial charge in [-0.2, -0.15) is 0 Å². The lowest BCUT2D eigenvalue weighted by atomic mass is 10.1. The standard InChI is InChI=1S/C14H13BrClNO/c1-3-9-7-8-12(17-14(9)18-2)10-5-4-6-11(15)13(10)16/h4-8H,3H2,1-2H3. The van der Waals surface area contributed by atoms with Crippen LogP contribution in [0.1, 0.15) is 12.5 Å². The van der Waals surface area contributed by atoms with Crippen molar-refractivity contribution in [3.63, 3.8) is 0 Å². The van der Waals surface area contributed by atoms with Gasteiger partial charge in [-0.25, -0.2) is 4.98 Å². The molecule has 1 aromatic carbocycles. The van der Waals surface area contributed by atoms with E-state index in [1.807, 2.05) is 30.3 Å². The van der Waals surface area contributed by atoms with E-state index in [-0.39, 0.29) is 0 Å². The molecule has 94 valence electrons. The number of nitrogens with zero attached hydrogens (tertiary/aromatic N) is 1. The van der Waals surface area contributed by atoms with E-state index < -0.39 is 0 Å². The molecule has 0 aliphatic carbocycles. The predicted octanol–water partition coefficient (Wildman–Crippen LogP) is 4.74. The van der Waals surface area contributed by atoms with Gasteiger partial charge in [0.2, 0.25) is 5.88 Å². The van der Waals surface area contributed by atoms with Crippen LogP contribution in [0.5, 0.6) is 5.88 Å². The minimum Gasteiger partial charge on any atom is -0.481 e. The highest BCUT2D eigenvalue weighted by Gasteiger charge is 2.10. The summed E-state index contributed by atoms with van der Waals surface area (Å²) in [6, 6.07) is 9.78. The number of methoxy groups -OCH3 is 1. The van der Waals surface area contributed by atoms with Crippen LogP contribution >= 0.6 is 27.5 Å². The molecule has 0 aliphatic heterocycles. The molecular formula is C14H13BrClNO. The monoisotopic (exact) mass is 325 g/mol. The van der Waals surface area contributed by atoms with Crippen molar-refractivity contribution in [3.05, 3.63) is 45.4 Å². The van der Waals surface area contributed by atoms with Gasteiger partial charge < -0.3 is 4.74 Å². The van der Waals surface area contributed by atoms with Crippen molar-refractivity contribution in [2.24, 2.45) is 0 Å². The molecule has 0 fully saturated rings. The molecule has 0 N–H and O–H groups in total. The second-order valence-corrected chi connectivity index (χ2v) is 5.05. The molecule has 18 heavy (non-hydrogen) atoms. The summed E-state index contributed by atoms with van der Waals surface area (Å²) in [4.78, 5) is 4.51. The van der Waals surface area contributed by atoms with E-state index in [4.69, 9.17) is 16.3 Å². The fourth-order valence-corrected chi connectivity index (χ4v) is 2.36. The normalized spacial score (nSPS) is 10.4. The molecule has 0 radical (unpaired) electrons. The van der Waals surface area contributed by atoms with E-state index in [1.165, 1.54) is 0 Å². The Morgan fingerprint density at radius 3 is 2.72 bits per heavy atom. The number of benzene rings is 1. The Morgan fingerprint density at radius 2 is 2.06 bits per heavy atom. The maximum absolute atomic E-state index is 6.27. The lowest BCUT2D eigenvalue weighted by Gasteiger charge is -2.10. The van der Waals surface area contributed by atoms with Crippen LogP contribution in [0.3, 0.4) is 0 Å². The number of hydrogen-bond acceptors (Lipinski definition) is 2. The van der Waals surface area contributed by atoms with E-state index in [1.54, 1.807) is 7.11 Å². The molecule has 0 spiro atoms. The first-order chi connectivity index (χ1) is 8.67. The average molecular weight is 327 g/mol. The molecule has 2 nitrogen and oxygen atoms in total. The van der Waals surface area contributed by atoms with Crippen molar-refractivity contribution in [2.45, 2.75) is 13.3 Å². The summed E-state index contributed by atoms with van der Waals surface area (Å²) in [7, 11) is 1.63. The van der Waals surface area contributed by atoms with Crippen molar-refractivity contribution in [3.8, 4) is 17.1 Å². The first-order valence-corrected chi connectivity index (χ1v) is 6.82. The van der Waals surface area contributed by atoms with Crippen LogP contribution < -0.4 is 4.74 Å². The maximum atomic E-state index is 6.27. The molecule has 0 atom stereocenters. The quantitative estimate of drug-likeness (QED) is 0.813. The molecule has 0 unspecified atom stereocenters. The third-order valence-electron chi connectivity index (χ3n) is 2.74. The zero-order valence-electron chi connectivity index (χ0n) is 10.2. The Bertz CT molecular complexity index is 572. The molecule has 0 saturated carbocycles. The highest BCUT2D eigenvalue weighted by molar-refractivity contribution is 9.10. The average Bonchev–Trinajstić information content (AvgIpc) is 2.41. The van der Waals surface area contributed by atoms with Crippen molar-refractivity contribution in [1.29, 1.82) is 0 Å². The second kappa shape index (κ2) is 5.72. The van der Waals surface area contributed by atoms with E-state index >= 15 is 0 Å². The Balaban J connectivity index is 2.54. The number of hydrogen-bond donors (Lipinski definition) is 0. The Kier molecular flexibility index (Phi) is 4.25. The van der Waals surface area contributed by atoms with Crippen LogP contribution in [-0.2, 0) is 6.42 Å². The summed E-state index contributed by atoms with van der Waals surface area (Å²) < 4.78 is 6.17. The molecule has 0 saturated heterocycles. The van der Waals surface area contributed by atoms with Gasteiger partial charge in [0.15, 0.2) is 0 Å². The van der Waals surface area contributed by atoms with E-state index in [2.05, 4.69) is 27.8 Å². The maximum Gasteiger partial charge on any atom is 0.216 e. The fraction of sp³-hybridized carbons (Fsp3) is 0.214. The Morgan fingerprint density at radius 1 is 1.28 bits per heavy atom. The number of rotatable bonds is 3. The molecular weight excluding hydrogens is 314 g/mol. The minimum absolute atomic E-state index is 0.658. The van der Waals surface area contributed by atoms with Crippen molar-refractivity contribution >= 4 is 27.5 Å². The van der Waals surface area contributed by atoms with Crippen LogP contribution in [0.4, 0.5) is 0 Å². The first kappa shape index (κ1) is 13.4. The van der Waals surface area contributed by atoms with Gasteiger partial charge in [0.05, 0.1) is 17.8 Å². The van der Waals surface area contributed by atoms with Crippen LogP contribution in [-0.4, -0.2) is 12.1 Å². The van der Waals surface area contributed by atoms with Gasteiger partial charge in [-0.15, -0.1) is 0 Å². The number of aryl methyl sites for hydroxylation is 1. The minimum atomic E-state index is 0.658. The van der Waals surface area contributed by atoms with Crippen molar-refractivity contribution in [2.75, 3.05) is 7.11 Å². The number of halogens is 2. The molecule has 1 aromatic heterocycles. The fourth-order valence-electron chi connectivity index (χ4n) is 1.77. The first-order valence-electron chi connectivity index (χ1n) is 5.65. The second-order valence-electron chi connectivity index (χ2n) is 3.82. The van der Waals surface area contributed by atoms with Gasteiger partial charge in [-0.05, 0) is 34.5 Å². The van der Waals surface area contributed by atoms with Crippen LogP contribution in [0.25, 0.3) is 11.3 Å². The topological polar surface area (TPSA) is 22.1 Å².